The highest BCUT2D eigenvalue weighted by Gasteiger charge is 2.39. The van der Waals surface area contributed by atoms with E-state index >= 15 is 0 Å². The van der Waals surface area contributed by atoms with Crippen LogP contribution in [0.15, 0.2) is 0 Å². The minimum Gasteiger partial charge on any atom is -0.465 e. The van der Waals surface area contributed by atoms with Crippen LogP contribution in [0.2, 0.25) is 0 Å². The molecule has 0 aromatic heterocycles. The highest BCUT2D eigenvalue weighted by atomic mass is 16.4. The van der Waals surface area contributed by atoms with Gasteiger partial charge in [0.15, 0.2) is 0 Å². The first-order valence-electron chi connectivity index (χ1n) is 7.89. The zero-order chi connectivity index (χ0) is 15.3. The summed E-state index contributed by atoms with van der Waals surface area (Å²) in [6.07, 6.45) is 4.09. The Bertz CT molecular complexity index is 304. The van der Waals surface area contributed by atoms with Gasteiger partial charge in [-0.15, -0.1) is 0 Å². The lowest BCUT2D eigenvalue weighted by atomic mass is 9.64. The third-order valence-electron chi connectivity index (χ3n) is 4.73. The van der Waals surface area contributed by atoms with E-state index in [-0.39, 0.29) is 11.5 Å². The van der Waals surface area contributed by atoms with Crippen LogP contribution in [0.5, 0.6) is 0 Å². The first-order chi connectivity index (χ1) is 9.25. The van der Waals surface area contributed by atoms with Crippen LogP contribution in [-0.2, 0) is 0 Å². The van der Waals surface area contributed by atoms with Crippen LogP contribution in [0.25, 0.3) is 0 Å². The van der Waals surface area contributed by atoms with Gasteiger partial charge in [0.05, 0.1) is 0 Å². The van der Waals surface area contributed by atoms with Gasteiger partial charge >= 0.3 is 6.09 Å². The fraction of sp³-hybridized carbons (Fsp3) is 0.938. The lowest BCUT2D eigenvalue weighted by Gasteiger charge is -2.44. The molecular weight excluding hydrogens is 252 g/mol. The third kappa shape index (κ3) is 4.97. The van der Waals surface area contributed by atoms with Crippen molar-refractivity contribution < 1.29 is 9.90 Å². The first kappa shape index (κ1) is 17.3. The Balaban J connectivity index is 2.88. The molecular formula is C16H32N2O2. The summed E-state index contributed by atoms with van der Waals surface area (Å²) in [5.41, 5.74) is 0.106. The molecule has 4 nitrogen and oxygen atoms in total. The van der Waals surface area contributed by atoms with Crippen LogP contribution < -0.4 is 10.6 Å². The van der Waals surface area contributed by atoms with Crippen LogP contribution in [0.3, 0.4) is 0 Å². The third-order valence-corrected chi connectivity index (χ3v) is 4.73. The van der Waals surface area contributed by atoms with E-state index < -0.39 is 6.09 Å². The molecule has 1 rings (SSSR count). The van der Waals surface area contributed by atoms with Crippen molar-refractivity contribution >= 4 is 6.09 Å². The van der Waals surface area contributed by atoms with E-state index in [0.29, 0.717) is 18.4 Å². The summed E-state index contributed by atoms with van der Waals surface area (Å²) in [7, 11) is 1.89. The molecule has 0 radical (unpaired) electrons. The first-order valence-corrected chi connectivity index (χ1v) is 7.89. The second-order valence-electron chi connectivity index (χ2n) is 7.53. The van der Waals surface area contributed by atoms with Crippen molar-refractivity contribution in [3.05, 3.63) is 0 Å². The van der Waals surface area contributed by atoms with Gasteiger partial charge in [-0.05, 0) is 43.1 Å². The van der Waals surface area contributed by atoms with Crippen molar-refractivity contribution in [3.63, 3.8) is 0 Å². The van der Waals surface area contributed by atoms with Gasteiger partial charge in [-0.2, -0.15) is 0 Å². The molecule has 1 saturated carbocycles. The van der Waals surface area contributed by atoms with Crippen LogP contribution in [-0.4, -0.2) is 30.8 Å². The maximum atomic E-state index is 11.1. The molecule has 1 unspecified atom stereocenters. The van der Waals surface area contributed by atoms with E-state index in [1.54, 1.807) is 0 Å². The van der Waals surface area contributed by atoms with E-state index in [4.69, 9.17) is 5.11 Å². The molecule has 0 aromatic carbocycles. The molecule has 0 heterocycles. The summed E-state index contributed by atoms with van der Waals surface area (Å²) in [6.45, 7) is 9.73. The van der Waals surface area contributed by atoms with Gasteiger partial charge in [0.2, 0.25) is 0 Å². The van der Waals surface area contributed by atoms with Crippen molar-refractivity contribution in [1.82, 2.24) is 10.6 Å². The van der Waals surface area contributed by atoms with Crippen molar-refractivity contribution in [2.75, 3.05) is 13.6 Å². The monoisotopic (exact) mass is 284 g/mol. The van der Waals surface area contributed by atoms with E-state index in [1.165, 1.54) is 25.7 Å². The second kappa shape index (κ2) is 7.30. The molecule has 1 aliphatic rings. The quantitative estimate of drug-likeness (QED) is 0.725. The molecule has 1 fully saturated rings. The Kier molecular flexibility index (Phi) is 6.31. The van der Waals surface area contributed by atoms with Crippen molar-refractivity contribution in [1.29, 1.82) is 0 Å². The zero-order valence-corrected chi connectivity index (χ0v) is 13.7. The molecule has 0 saturated heterocycles. The SMILES string of the molecule is CNCC(NC(=O)O)[C@@H](C1CCC(C)CC1)C(C)(C)C. The second-order valence-corrected chi connectivity index (χ2v) is 7.53. The number of hydrogen-bond donors (Lipinski definition) is 3. The summed E-state index contributed by atoms with van der Waals surface area (Å²) in [5.74, 6) is 1.82. The van der Waals surface area contributed by atoms with Gasteiger partial charge < -0.3 is 15.7 Å². The average molecular weight is 284 g/mol. The molecule has 0 spiro atoms. The molecule has 2 atom stereocenters. The summed E-state index contributed by atoms with van der Waals surface area (Å²) >= 11 is 0. The largest absolute Gasteiger partial charge is 0.465 e. The van der Waals surface area contributed by atoms with E-state index in [1.807, 2.05) is 7.05 Å². The summed E-state index contributed by atoms with van der Waals surface area (Å²) in [4.78, 5) is 11.1. The number of carboxylic acid groups (broad SMARTS) is 1. The Morgan fingerprint density at radius 3 is 2.20 bits per heavy atom. The number of likely N-dealkylation sites (N-methyl/N-ethyl adjacent to an activating group) is 1. The molecule has 4 heteroatoms. The topological polar surface area (TPSA) is 61.4 Å². The van der Waals surface area contributed by atoms with Gasteiger partial charge in [-0.1, -0.05) is 40.5 Å². The van der Waals surface area contributed by atoms with Crippen LogP contribution in [0, 0.1) is 23.2 Å². The van der Waals surface area contributed by atoms with Crippen molar-refractivity contribution in [3.8, 4) is 0 Å². The molecule has 0 aliphatic heterocycles. The smallest absolute Gasteiger partial charge is 0.404 e. The number of rotatable bonds is 5. The molecule has 20 heavy (non-hydrogen) atoms. The van der Waals surface area contributed by atoms with Gasteiger partial charge in [0, 0.05) is 12.6 Å². The van der Waals surface area contributed by atoms with Crippen molar-refractivity contribution in [2.45, 2.75) is 59.4 Å². The average Bonchev–Trinajstić information content (AvgIpc) is 2.29. The highest BCUT2D eigenvalue weighted by molar-refractivity contribution is 5.65. The standard InChI is InChI=1S/C16H32N2O2/c1-11-6-8-12(9-7-11)14(16(2,3)4)13(10-17-5)18-15(19)20/h11-14,17-18H,6-10H2,1-5H3,(H,19,20)/t11?,12?,13?,14-/m1/s1. The van der Waals surface area contributed by atoms with E-state index in [9.17, 15) is 4.79 Å². The summed E-state index contributed by atoms with van der Waals surface area (Å²) in [5, 5.41) is 15.0. The summed E-state index contributed by atoms with van der Waals surface area (Å²) < 4.78 is 0. The lowest BCUT2D eigenvalue weighted by Crippen LogP contribution is -2.52. The molecule has 3 N–H and O–H groups in total. The van der Waals surface area contributed by atoms with Gasteiger partial charge in [0.1, 0.15) is 0 Å². The Morgan fingerprint density at radius 1 is 1.25 bits per heavy atom. The zero-order valence-electron chi connectivity index (χ0n) is 13.7. The molecule has 1 aliphatic carbocycles. The molecule has 118 valence electrons. The fourth-order valence-electron chi connectivity index (χ4n) is 3.93. The Labute approximate surface area is 123 Å². The Morgan fingerprint density at radius 2 is 1.80 bits per heavy atom. The number of carbonyl (C=O) groups is 1. The Hall–Kier alpha value is -0.770. The number of nitrogens with one attached hydrogen (secondary N) is 2. The number of hydrogen-bond acceptors (Lipinski definition) is 2. The lowest BCUT2D eigenvalue weighted by molar-refractivity contribution is 0.0733. The molecule has 1 amide bonds. The van der Waals surface area contributed by atoms with Crippen LogP contribution in [0.1, 0.15) is 53.4 Å². The predicted molar refractivity (Wildman–Crippen MR) is 82.9 cm³/mol. The molecule has 0 bridgehead atoms. The predicted octanol–water partition coefficient (Wildman–Crippen LogP) is 3.33. The highest BCUT2D eigenvalue weighted by Crippen LogP contribution is 2.42. The minimum atomic E-state index is -0.913. The normalized spacial score (nSPS) is 26.9. The number of amides is 1. The maximum absolute atomic E-state index is 11.1. The minimum absolute atomic E-state index is 0.0177. The van der Waals surface area contributed by atoms with Gasteiger partial charge in [-0.25, -0.2) is 4.79 Å². The fourth-order valence-corrected chi connectivity index (χ4v) is 3.93. The van der Waals surface area contributed by atoms with E-state index in [2.05, 4.69) is 38.3 Å². The van der Waals surface area contributed by atoms with E-state index in [0.717, 1.165) is 5.92 Å². The van der Waals surface area contributed by atoms with Crippen LogP contribution >= 0.6 is 0 Å². The van der Waals surface area contributed by atoms with Crippen LogP contribution in [0.4, 0.5) is 4.79 Å². The summed E-state index contributed by atoms with van der Waals surface area (Å²) in [6, 6.07) is -0.0177. The molecule has 0 aromatic rings. The maximum Gasteiger partial charge on any atom is 0.404 e. The van der Waals surface area contributed by atoms with Crippen molar-refractivity contribution in [2.24, 2.45) is 23.2 Å². The van der Waals surface area contributed by atoms with Gasteiger partial charge in [-0.3, -0.25) is 0 Å². The van der Waals surface area contributed by atoms with Gasteiger partial charge in [0.25, 0.3) is 0 Å².